The number of unbranched alkanes of at least 4 members (excludes halogenated alkanes) is 2. The van der Waals surface area contributed by atoms with Crippen molar-refractivity contribution in [2.75, 3.05) is 18.4 Å². The minimum absolute atomic E-state index is 0.287. The van der Waals surface area contributed by atoms with E-state index in [0.29, 0.717) is 6.42 Å². The zero-order valence-electron chi connectivity index (χ0n) is 10.2. The Labute approximate surface area is 102 Å². The van der Waals surface area contributed by atoms with Gasteiger partial charge >= 0.3 is 0 Å². The van der Waals surface area contributed by atoms with Crippen LogP contribution in [-0.2, 0) is 6.42 Å². The molecule has 1 aliphatic carbocycles. The van der Waals surface area contributed by atoms with Crippen LogP contribution in [0.3, 0.4) is 0 Å². The Balaban J connectivity index is 1.84. The van der Waals surface area contributed by atoms with Gasteiger partial charge in [0.15, 0.2) is 5.78 Å². The lowest BCUT2D eigenvalue weighted by atomic mass is 10.1. The van der Waals surface area contributed by atoms with Gasteiger partial charge in [0.2, 0.25) is 0 Å². The van der Waals surface area contributed by atoms with Crippen LogP contribution >= 0.6 is 0 Å². The Kier molecular flexibility index (Phi) is 4.15. The highest BCUT2D eigenvalue weighted by Crippen LogP contribution is 2.24. The van der Waals surface area contributed by atoms with Crippen LogP contribution in [0.1, 0.15) is 41.6 Å². The topological polar surface area (TPSA) is 55.1 Å². The Hall–Kier alpha value is -1.35. The predicted octanol–water partition coefficient (Wildman–Crippen LogP) is 2.36. The van der Waals surface area contributed by atoms with Crippen LogP contribution in [0.15, 0.2) is 18.2 Å². The molecule has 0 amide bonds. The zero-order valence-corrected chi connectivity index (χ0v) is 10.2. The van der Waals surface area contributed by atoms with Gasteiger partial charge in [-0.15, -0.1) is 0 Å². The number of anilines is 1. The Bertz CT molecular complexity index is 401. The van der Waals surface area contributed by atoms with Gasteiger partial charge < -0.3 is 11.1 Å². The summed E-state index contributed by atoms with van der Waals surface area (Å²) in [6.45, 7) is 1.76. The number of ketones is 1. The van der Waals surface area contributed by atoms with Crippen LogP contribution in [0.25, 0.3) is 0 Å². The Morgan fingerprint density at radius 2 is 2.06 bits per heavy atom. The molecule has 1 aromatic rings. The van der Waals surface area contributed by atoms with Crippen molar-refractivity contribution in [2.24, 2.45) is 5.73 Å². The minimum Gasteiger partial charge on any atom is -0.385 e. The molecule has 0 spiro atoms. The molecule has 3 heteroatoms. The number of nitrogens with two attached hydrogens (primary N) is 1. The Morgan fingerprint density at radius 3 is 2.88 bits per heavy atom. The fourth-order valence-corrected chi connectivity index (χ4v) is 2.24. The maximum absolute atomic E-state index is 11.5. The summed E-state index contributed by atoms with van der Waals surface area (Å²) in [6, 6.07) is 6.07. The van der Waals surface area contributed by atoms with Crippen molar-refractivity contribution in [2.45, 2.75) is 32.1 Å². The highest BCUT2D eigenvalue weighted by molar-refractivity contribution is 6.00. The van der Waals surface area contributed by atoms with Crippen LogP contribution in [0.4, 0.5) is 5.69 Å². The molecule has 92 valence electrons. The molecule has 0 saturated heterocycles. The summed E-state index contributed by atoms with van der Waals surface area (Å²) in [5.74, 6) is 0.287. The zero-order chi connectivity index (χ0) is 12.1. The molecule has 17 heavy (non-hydrogen) atoms. The fraction of sp³-hybridized carbons (Fsp3) is 0.500. The molecular formula is C14H20N2O. The van der Waals surface area contributed by atoms with E-state index >= 15 is 0 Å². The maximum Gasteiger partial charge on any atom is 0.163 e. The third-order valence-electron chi connectivity index (χ3n) is 3.24. The van der Waals surface area contributed by atoms with Crippen molar-refractivity contribution in [1.82, 2.24) is 0 Å². The molecule has 0 heterocycles. The van der Waals surface area contributed by atoms with E-state index in [0.717, 1.165) is 43.6 Å². The van der Waals surface area contributed by atoms with Crippen molar-refractivity contribution in [3.05, 3.63) is 29.3 Å². The second-order valence-corrected chi connectivity index (χ2v) is 4.57. The minimum atomic E-state index is 0.287. The molecule has 0 bridgehead atoms. The number of nitrogens with one attached hydrogen (secondary N) is 1. The molecule has 3 nitrogen and oxygen atoms in total. The van der Waals surface area contributed by atoms with Gasteiger partial charge in [0.05, 0.1) is 0 Å². The van der Waals surface area contributed by atoms with Gasteiger partial charge in [0.1, 0.15) is 0 Å². The molecular weight excluding hydrogens is 212 g/mol. The van der Waals surface area contributed by atoms with Crippen LogP contribution in [0, 0.1) is 0 Å². The summed E-state index contributed by atoms with van der Waals surface area (Å²) in [4.78, 5) is 11.5. The van der Waals surface area contributed by atoms with E-state index in [1.54, 1.807) is 0 Å². The number of Topliss-reactive ketones (excluding diaryl/α,β-unsaturated/α-hetero) is 1. The molecule has 0 aromatic heterocycles. The van der Waals surface area contributed by atoms with Gasteiger partial charge in [0.25, 0.3) is 0 Å². The SMILES string of the molecule is NCCCCCNc1ccc2c(c1)CCC2=O. The highest BCUT2D eigenvalue weighted by atomic mass is 16.1. The summed E-state index contributed by atoms with van der Waals surface area (Å²) in [5.41, 5.74) is 8.69. The Morgan fingerprint density at radius 1 is 1.18 bits per heavy atom. The summed E-state index contributed by atoms with van der Waals surface area (Å²) in [6.07, 6.45) is 4.99. The summed E-state index contributed by atoms with van der Waals surface area (Å²) in [7, 11) is 0. The molecule has 2 rings (SSSR count). The predicted molar refractivity (Wildman–Crippen MR) is 70.5 cm³/mol. The van der Waals surface area contributed by atoms with Gasteiger partial charge in [-0.3, -0.25) is 4.79 Å². The van der Waals surface area contributed by atoms with Gasteiger partial charge in [-0.25, -0.2) is 0 Å². The van der Waals surface area contributed by atoms with E-state index < -0.39 is 0 Å². The number of carbonyl (C=O) groups excluding carboxylic acids is 1. The first-order chi connectivity index (χ1) is 8.31. The van der Waals surface area contributed by atoms with Gasteiger partial charge in [-0.1, -0.05) is 6.42 Å². The first kappa shape index (κ1) is 12.1. The number of carbonyl (C=O) groups is 1. The first-order valence-corrected chi connectivity index (χ1v) is 6.41. The summed E-state index contributed by atoms with van der Waals surface area (Å²) >= 11 is 0. The fourth-order valence-electron chi connectivity index (χ4n) is 2.24. The van der Waals surface area contributed by atoms with E-state index in [9.17, 15) is 4.79 Å². The molecule has 1 aliphatic rings. The molecule has 0 saturated carbocycles. The van der Waals surface area contributed by atoms with Gasteiger partial charge in [-0.2, -0.15) is 0 Å². The first-order valence-electron chi connectivity index (χ1n) is 6.41. The second kappa shape index (κ2) is 5.82. The normalized spacial score (nSPS) is 13.8. The molecule has 1 aromatic carbocycles. The monoisotopic (exact) mass is 232 g/mol. The standard InChI is InChI=1S/C14H20N2O/c15-8-2-1-3-9-16-12-5-6-13-11(10-12)4-7-14(13)17/h5-6,10,16H,1-4,7-9,15H2. The average molecular weight is 232 g/mol. The van der Waals surface area contributed by atoms with Crippen LogP contribution in [0.5, 0.6) is 0 Å². The van der Waals surface area contributed by atoms with Crippen LogP contribution in [0.2, 0.25) is 0 Å². The average Bonchev–Trinajstić information content (AvgIpc) is 2.71. The smallest absolute Gasteiger partial charge is 0.163 e. The number of hydrogen-bond acceptors (Lipinski definition) is 3. The largest absolute Gasteiger partial charge is 0.385 e. The number of fused-ring (bicyclic) bond motifs is 1. The van der Waals surface area contributed by atoms with Gasteiger partial charge in [-0.05, 0) is 49.6 Å². The number of aryl methyl sites for hydroxylation is 1. The lowest BCUT2D eigenvalue weighted by Crippen LogP contribution is -2.04. The summed E-state index contributed by atoms with van der Waals surface area (Å²) < 4.78 is 0. The van der Waals surface area contributed by atoms with E-state index in [1.165, 1.54) is 12.0 Å². The molecule has 0 fully saturated rings. The molecule has 0 aliphatic heterocycles. The molecule has 3 N–H and O–H groups in total. The third kappa shape index (κ3) is 3.07. The molecule has 0 radical (unpaired) electrons. The maximum atomic E-state index is 11.5. The van der Waals surface area contributed by atoms with Crippen molar-refractivity contribution < 1.29 is 4.79 Å². The van der Waals surface area contributed by atoms with E-state index in [2.05, 4.69) is 11.4 Å². The summed E-state index contributed by atoms with van der Waals surface area (Å²) in [5, 5.41) is 3.40. The number of benzene rings is 1. The third-order valence-corrected chi connectivity index (χ3v) is 3.24. The van der Waals surface area contributed by atoms with Crippen molar-refractivity contribution >= 4 is 11.5 Å². The van der Waals surface area contributed by atoms with Crippen LogP contribution < -0.4 is 11.1 Å². The van der Waals surface area contributed by atoms with E-state index in [4.69, 9.17) is 5.73 Å². The second-order valence-electron chi connectivity index (χ2n) is 4.57. The highest BCUT2D eigenvalue weighted by Gasteiger charge is 2.18. The lowest BCUT2D eigenvalue weighted by Gasteiger charge is -2.07. The van der Waals surface area contributed by atoms with Crippen LogP contribution in [-0.4, -0.2) is 18.9 Å². The lowest BCUT2D eigenvalue weighted by molar-refractivity contribution is 0.0994. The van der Waals surface area contributed by atoms with E-state index in [1.807, 2.05) is 12.1 Å². The van der Waals surface area contributed by atoms with Gasteiger partial charge in [0, 0.05) is 24.2 Å². The van der Waals surface area contributed by atoms with Crippen molar-refractivity contribution in [3.8, 4) is 0 Å². The van der Waals surface area contributed by atoms with Crippen molar-refractivity contribution in [1.29, 1.82) is 0 Å². The molecule has 0 unspecified atom stereocenters. The quantitative estimate of drug-likeness (QED) is 0.740. The van der Waals surface area contributed by atoms with E-state index in [-0.39, 0.29) is 5.78 Å². The molecule has 0 atom stereocenters. The van der Waals surface area contributed by atoms with Crippen molar-refractivity contribution in [3.63, 3.8) is 0 Å². The number of rotatable bonds is 6. The number of hydrogen-bond donors (Lipinski definition) is 2.